The predicted molar refractivity (Wildman–Crippen MR) is 124 cm³/mol. The third-order valence-electron chi connectivity index (χ3n) is 5.36. The number of hydrogen-bond donors (Lipinski definition) is 2. The summed E-state index contributed by atoms with van der Waals surface area (Å²) < 4.78 is 20.3. The van der Waals surface area contributed by atoms with Crippen LogP contribution in [-0.2, 0) is 9.26 Å². The molecule has 32 heavy (non-hydrogen) atoms. The normalized spacial score (nSPS) is 19.5. The van der Waals surface area contributed by atoms with Crippen molar-refractivity contribution in [3.05, 3.63) is 55.1 Å². The number of imidazole rings is 1. The summed E-state index contributed by atoms with van der Waals surface area (Å²) in [7, 11) is -1.29. The average molecular weight is 452 g/mol. The summed E-state index contributed by atoms with van der Waals surface area (Å²) in [6, 6.07) is 14.3. The monoisotopic (exact) mass is 452 g/mol. The van der Waals surface area contributed by atoms with Crippen molar-refractivity contribution in [1.82, 2.24) is 24.6 Å². The van der Waals surface area contributed by atoms with Gasteiger partial charge in [0.05, 0.1) is 19.0 Å². The summed E-state index contributed by atoms with van der Waals surface area (Å²) in [5, 5.41) is 5.60. The molecule has 5 rings (SSSR count). The van der Waals surface area contributed by atoms with Gasteiger partial charge in [0.1, 0.15) is 23.8 Å². The minimum absolute atomic E-state index is 0.0412. The number of fused-ring (bicyclic) bond motifs is 2. The summed E-state index contributed by atoms with van der Waals surface area (Å²) in [4.78, 5) is 12.6. The van der Waals surface area contributed by atoms with E-state index in [1.165, 1.54) is 11.7 Å². The Balaban J connectivity index is 1.21. The number of nitrogen functional groups attached to an aromatic ring is 1. The molecule has 0 bridgehead atoms. The van der Waals surface area contributed by atoms with E-state index in [1.807, 2.05) is 35.8 Å². The van der Waals surface area contributed by atoms with Crippen LogP contribution in [-0.4, -0.2) is 38.8 Å². The molecule has 0 saturated carbocycles. The maximum Gasteiger partial charge on any atom is 0.318 e. The van der Waals surface area contributed by atoms with Gasteiger partial charge in [-0.25, -0.2) is 20.0 Å². The third kappa shape index (κ3) is 4.38. The van der Waals surface area contributed by atoms with Gasteiger partial charge in [-0.2, -0.15) is 0 Å². The van der Waals surface area contributed by atoms with Crippen molar-refractivity contribution in [1.29, 1.82) is 0 Å². The van der Waals surface area contributed by atoms with E-state index in [-0.39, 0.29) is 12.3 Å². The number of ether oxygens (including phenoxy) is 1. The van der Waals surface area contributed by atoms with Gasteiger partial charge >= 0.3 is 8.53 Å². The molecule has 3 unspecified atom stereocenters. The molecule has 0 spiro atoms. The van der Waals surface area contributed by atoms with Gasteiger partial charge in [0.25, 0.3) is 0 Å². The first-order valence-electron chi connectivity index (χ1n) is 10.6. The fourth-order valence-electron chi connectivity index (χ4n) is 3.80. The number of nitrogens with zero attached hydrogens (tertiary/aromatic N) is 4. The van der Waals surface area contributed by atoms with E-state index >= 15 is 0 Å². The van der Waals surface area contributed by atoms with E-state index in [0.717, 1.165) is 30.5 Å². The largest absolute Gasteiger partial charge is 0.436 e. The second kappa shape index (κ2) is 9.34. The maximum absolute atomic E-state index is 6.21. The van der Waals surface area contributed by atoms with E-state index in [9.17, 15) is 0 Å². The van der Waals surface area contributed by atoms with Crippen LogP contribution < -0.4 is 15.3 Å². The Bertz CT molecular complexity index is 1220. The number of benzene rings is 2. The molecule has 4 aromatic rings. The molecule has 2 aromatic heterocycles. The fourth-order valence-corrected chi connectivity index (χ4v) is 4.87. The molecule has 0 aliphatic carbocycles. The fraction of sp³-hybridized carbons (Fsp3) is 0.318. The van der Waals surface area contributed by atoms with Crippen LogP contribution in [0.2, 0.25) is 0 Å². The van der Waals surface area contributed by atoms with Gasteiger partial charge in [-0.05, 0) is 35.7 Å². The van der Waals surface area contributed by atoms with Crippen LogP contribution in [0.4, 0.5) is 5.82 Å². The van der Waals surface area contributed by atoms with Crippen molar-refractivity contribution >= 4 is 36.3 Å². The minimum atomic E-state index is -1.29. The van der Waals surface area contributed by atoms with Crippen LogP contribution in [0.15, 0.2) is 55.1 Å². The molecule has 2 aromatic carbocycles. The van der Waals surface area contributed by atoms with Crippen molar-refractivity contribution in [2.24, 2.45) is 0 Å². The molecule has 9 nitrogen and oxygen atoms in total. The molecular weight excluding hydrogens is 427 g/mol. The average Bonchev–Trinajstić information content (AvgIpc) is 3.45. The molecule has 3 N–H and O–H groups in total. The first-order chi connectivity index (χ1) is 15.7. The molecule has 1 aliphatic rings. The lowest BCUT2D eigenvalue weighted by molar-refractivity contribution is -0.0157. The Hall–Kier alpha value is -2.84. The summed E-state index contributed by atoms with van der Waals surface area (Å²) >= 11 is 0. The SMILES string of the molecule is CCNP(OCC1CCC(n2cnc3c(N)ncnc32)O1)Oc1ccc2ccccc2c1. The van der Waals surface area contributed by atoms with Gasteiger partial charge < -0.3 is 19.5 Å². The lowest BCUT2D eigenvalue weighted by Gasteiger charge is -2.20. The van der Waals surface area contributed by atoms with Gasteiger partial charge in [0.15, 0.2) is 11.5 Å². The first-order valence-corrected chi connectivity index (χ1v) is 11.8. The van der Waals surface area contributed by atoms with E-state index in [1.54, 1.807) is 6.33 Å². The Labute approximate surface area is 186 Å². The molecular formula is C22H25N6O3P. The molecule has 0 amide bonds. The number of nitrogens with one attached hydrogen (secondary N) is 1. The standard InChI is InChI=1S/C22H25N6O3P/c1-2-27-32(31-17-8-7-15-5-3-4-6-16(15)11-17)29-12-18-9-10-19(30-18)28-14-26-20-21(23)24-13-25-22(20)28/h3-8,11,13-14,18-19,27H,2,9-10,12H2,1H3,(H2,23,24,25). The van der Waals surface area contributed by atoms with Crippen LogP contribution in [0.5, 0.6) is 5.75 Å². The Morgan fingerprint density at radius 2 is 2.03 bits per heavy atom. The highest BCUT2D eigenvalue weighted by Crippen LogP contribution is 2.38. The Morgan fingerprint density at radius 1 is 1.16 bits per heavy atom. The van der Waals surface area contributed by atoms with E-state index < -0.39 is 8.53 Å². The Kier molecular flexibility index (Phi) is 6.14. The topological polar surface area (TPSA) is 109 Å². The molecule has 1 fully saturated rings. The number of rotatable bonds is 8. The second-order valence-electron chi connectivity index (χ2n) is 7.54. The summed E-state index contributed by atoms with van der Waals surface area (Å²) in [5.41, 5.74) is 7.16. The van der Waals surface area contributed by atoms with Crippen molar-refractivity contribution < 1.29 is 13.8 Å². The van der Waals surface area contributed by atoms with E-state index in [0.29, 0.717) is 23.6 Å². The molecule has 1 aliphatic heterocycles. The van der Waals surface area contributed by atoms with Crippen LogP contribution in [0.3, 0.4) is 0 Å². The highest BCUT2D eigenvalue weighted by Gasteiger charge is 2.29. The molecule has 166 valence electrons. The van der Waals surface area contributed by atoms with Gasteiger partial charge in [-0.15, -0.1) is 0 Å². The highest BCUT2D eigenvalue weighted by molar-refractivity contribution is 7.45. The summed E-state index contributed by atoms with van der Waals surface area (Å²) in [6.45, 7) is 3.21. The minimum Gasteiger partial charge on any atom is -0.436 e. The smallest absolute Gasteiger partial charge is 0.318 e. The molecule has 3 atom stereocenters. The van der Waals surface area contributed by atoms with Crippen molar-refractivity contribution in [3.63, 3.8) is 0 Å². The Morgan fingerprint density at radius 3 is 2.91 bits per heavy atom. The molecule has 1 saturated heterocycles. The zero-order valence-electron chi connectivity index (χ0n) is 17.7. The number of anilines is 1. The molecule has 10 heteroatoms. The van der Waals surface area contributed by atoms with Crippen LogP contribution >= 0.6 is 8.53 Å². The van der Waals surface area contributed by atoms with Crippen LogP contribution in [0.25, 0.3) is 21.9 Å². The van der Waals surface area contributed by atoms with Gasteiger partial charge in [0.2, 0.25) is 0 Å². The van der Waals surface area contributed by atoms with Gasteiger partial charge in [0, 0.05) is 6.54 Å². The number of nitrogens with two attached hydrogens (primary N) is 1. The molecule has 3 heterocycles. The van der Waals surface area contributed by atoms with Crippen LogP contribution in [0.1, 0.15) is 26.0 Å². The third-order valence-corrected chi connectivity index (χ3v) is 6.69. The predicted octanol–water partition coefficient (Wildman–Crippen LogP) is 4.17. The lowest BCUT2D eigenvalue weighted by atomic mass is 10.1. The maximum atomic E-state index is 6.21. The lowest BCUT2D eigenvalue weighted by Crippen LogP contribution is -2.19. The number of aromatic nitrogens is 4. The number of hydrogen-bond acceptors (Lipinski definition) is 8. The van der Waals surface area contributed by atoms with Gasteiger partial charge in [-0.3, -0.25) is 4.57 Å². The second-order valence-corrected chi connectivity index (χ2v) is 8.81. The highest BCUT2D eigenvalue weighted by atomic mass is 31.2. The molecule has 0 radical (unpaired) electrons. The zero-order chi connectivity index (χ0) is 21.9. The first kappa shape index (κ1) is 21.0. The van der Waals surface area contributed by atoms with Crippen LogP contribution in [0, 0.1) is 0 Å². The zero-order valence-corrected chi connectivity index (χ0v) is 18.6. The van der Waals surface area contributed by atoms with Crippen molar-refractivity contribution in [3.8, 4) is 5.75 Å². The van der Waals surface area contributed by atoms with Crippen molar-refractivity contribution in [2.45, 2.75) is 32.1 Å². The summed E-state index contributed by atoms with van der Waals surface area (Å²) in [5.74, 6) is 1.15. The summed E-state index contributed by atoms with van der Waals surface area (Å²) in [6.07, 6.45) is 4.66. The van der Waals surface area contributed by atoms with E-state index in [2.05, 4.69) is 38.2 Å². The van der Waals surface area contributed by atoms with Gasteiger partial charge in [-0.1, -0.05) is 37.3 Å². The van der Waals surface area contributed by atoms with Crippen molar-refractivity contribution in [2.75, 3.05) is 18.9 Å². The van der Waals surface area contributed by atoms with E-state index in [4.69, 9.17) is 19.5 Å². The quantitative estimate of drug-likeness (QED) is 0.384.